The van der Waals surface area contributed by atoms with Crippen LogP contribution in [0.3, 0.4) is 0 Å². The largest absolute Gasteiger partial charge is 0.333 e. The van der Waals surface area contributed by atoms with Gasteiger partial charge in [-0.25, -0.2) is 4.98 Å². The molecule has 0 saturated heterocycles. The van der Waals surface area contributed by atoms with Crippen LogP contribution in [0.15, 0.2) is 43.0 Å². The molecule has 0 fully saturated rings. The molecule has 0 spiro atoms. The summed E-state index contributed by atoms with van der Waals surface area (Å²) in [7, 11) is 0. The zero-order valence-electron chi connectivity index (χ0n) is 11.1. The summed E-state index contributed by atoms with van der Waals surface area (Å²) in [5, 5.41) is 3.50. The van der Waals surface area contributed by atoms with E-state index in [9.17, 15) is 0 Å². The molecule has 1 heterocycles. The zero-order chi connectivity index (χ0) is 12.8. The summed E-state index contributed by atoms with van der Waals surface area (Å²) in [5.41, 5.74) is 2.72. The minimum Gasteiger partial charge on any atom is -0.333 e. The summed E-state index contributed by atoms with van der Waals surface area (Å²) in [4.78, 5) is 4.08. The van der Waals surface area contributed by atoms with E-state index in [2.05, 4.69) is 53.0 Å². The second-order valence-corrected chi connectivity index (χ2v) is 5.03. The molecule has 0 saturated carbocycles. The van der Waals surface area contributed by atoms with E-state index in [0.29, 0.717) is 5.92 Å². The molecule has 0 unspecified atom stereocenters. The fourth-order valence-corrected chi connectivity index (χ4v) is 1.96. The van der Waals surface area contributed by atoms with Crippen molar-refractivity contribution in [3.8, 4) is 0 Å². The van der Waals surface area contributed by atoms with Crippen molar-refractivity contribution in [3.63, 3.8) is 0 Å². The van der Waals surface area contributed by atoms with Crippen molar-refractivity contribution < 1.29 is 0 Å². The lowest BCUT2D eigenvalue weighted by molar-refractivity contribution is 0.550. The smallest absolute Gasteiger partial charge is 0.0949 e. The van der Waals surface area contributed by atoms with Gasteiger partial charge in [-0.15, -0.1) is 0 Å². The van der Waals surface area contributed by atoms with Crippen LogP contribution in [-0.2, 0) is 13.1 Å². The Labute approximate surface area is 109 Å². The third-order valence-corrected chi connectivity index (χ3v) is 2.90. The minimum absolute atomic E-state index is 0.686. The molecule has 0 aliphatic heterocycles. The first kappa shape index (κ1) is 12.8. The predicted octanol–water partition coefficient (Wildman–Crippen LogP) is 2.68. The van der Waals surface area contributed by atoms with Crippen LogP contribution in [0.25, 0.3) is 0 Å². The topological polar surface area (TPSA) is 29.9 Å². The van der Waals surface area contributed by atoms with Gasteiger partial charge in [0.25, 0.3) is 0 Å². The number of imidazole rings is 1. The number of nitrogens with zero attached hydrogens (tertiary/aromatic N) is 2. The number of hydrogen-bond donors (Lipinski definition) is 1. The quantitative estimate of drug-likeness (QED) is 0.845. The van der Waals surface area contributed by atoms with Gasteiger partial charge in [0, 0.05) is 25.5 Å². The molecule has 1 N–H and O–H groups in total. The maximum Gasteiger partial charge on any atom is 0.0949 e. The molecule has 2 aromatic rings. The third kappa shape index (κ3) is 3.70. The Morgan fingerprint density at radius 3 is 2.67 bits per heavy atom. The molecule has 1 aromatic heterocycles. The van der Waals surface area contributed by atoms with Crippen LogP contribution in [0.2, 0.25) is 0 Å². The minimum atomic E-state index is 0.686. The van der Waals surface area contributed by atoms with Crippen LogP contribution in [0, 0.1) is 5.92 Å². The molecule has 96 valence electrons. The number of benzene rings is 1. The average molecular weight is 243 g/mol. The summed E-state index contributed by atoms with van der Waals surface area (Å²) in [6.07, 6.45) is 5.68. The molecule has 0 bridgehead atoms. The van der Waals surface area contributed by atoms with Crippen LogP contribution in [0.1, 0.15) is 25.0 Å². The number of aromatic nitrogens is 2. The first-order valence-electron chi connectivity index (χ1n) is 6.49. The van der Waals surface area contributed by atoms with Gasteiger partial charge < -0.3 is 9.88 Å². The van der Waals surface area contributed by atoms with Crippen LogP contribution < -0.4 is 5.32 Å². The lowest BCUT2D eigenvalue weighted by Gasteiger charge is -2.12. The van der Waals surface area contributed by atoms with Gasteiger partial charge in [0.2, 0.25) is 0 Å². The van der Waals surface area contributed by atoms with Crippen molar-refractivity contribution in [3.05, 3.63) is 54.1 Å². The lowest BCUT2D eigenvalue weighted by atomic mass is 10.1. The number of rotatable bonds is 6. The summed E-state index contributed by atoms with van der Waals surface area (Å²) in [6.45, 7) is 7.33. The Morgan fingerprint density at radius 1 is 1.22 bits per heavy atom. The fourth-order valence-electron chi connectivity index (χ4n) is 1.96. The molecule has 1 aromatic carbocycles. The molecule has 0 aliphatic carbocycles. The molecule has 0 atom stereocenters. The number of hydrogen-bond acceptors (Lipinski definition) is 2. The molecule has 18 heavy (non-hydrogen) atoms. The van der Waals surface area contributed by atoms with Crippen LogP contribution >= 0.6 is 0 Å². The maximum atomic E-state index is 4.08. The van der Waals surface area contributed by atoms with Crippen molar-refractivity contribution in [1.82, 2.24) is 14.9 Å². The van der Waals surface area contributed by atoms with Crippen molar-refractivity contribution >= 4 is 0 Å². The van der Waals surface area contributed by atoms with Crippen LogP contribution in [0.5, 0.6) is 0 Å². The molecule has 0 radical (unpaired) electrons. The van der Waals surface area contributed by atoms with E-state index in [4.69, 9.17) is 0 Å². The highest BCUT2D eigenvalue weighted by Gasteiger charge is 2.02. The maximum absolute atomic E-state index is 4.08. The normalized spacial score (nSPS) is 11.1. The fraction of sp³-hybridized carbons (Fsp3) is 0.400. The van der Waals surface area contributed by atoms with Gasteiger partial charge in [-0.1, -0.05) is 38.1 Å². The molecule has 0 aliphatic rings. The van der Waals surface area contributed by atoms with E-state index in [0.717, 1.165) is 19.6 Å². The molecule has 3 heteroatoms. The second-order valence-electron chi connectivity index (χ2n) is 5.03. The van der Waals surface area contributed by atoms with Crippen molar-refractivity contribution in [2.45, 2.75) is 26.9 Å². The van der Waals surface area contributed by atoms with Gasteiger partial charge in [-0.05, 0) is 23.6 Å². The number of nitrogens with one attached hydrogen (secondary N) is 1. The van der Waals surface area contributed by atoms with Gasteiger partial charge in [0.05, 0.1) is 6.33 Å². The van der Waals surface area contributed by atoms with Gasteiger partial charge in [-0.2, -0.15) is 0 Å². The highest BCUT2D eigenvalue weighted by atomic mass is 15.0. The standard InChI is InChI=1S/C15H21N3/c1-13(2)9-17-10-14-5-3-4-6-15(14)11-18-8-7-16-12-18/h3-8,12-13,17H,9-11H2,1-2H3. The summed E-state index contributed by atoms with van der Waals surface area (Å²) >= 11 is 0. The van der Waals surface area contributed by atoms with E-state index in [1.54, 1.807) is 0 Å². The Kier molecular flexibility index (Phi) is 4.53. The summed E-state index contributed by atoms with van der Waals surface area (Å²) < 4.78 is 2.10. The second kappa shape index (κ2) is 6.36. The van der Waals surface area contributed by atoms with E-state index in [1.807, 2.05) is 18.7 Å². The Hall–Kier alpha value is -1.61. The summed E-state index contributed by atoms with van der Waals surface area (Å²) in [5.74, 6) is 0.686. The van der Waals surface area contributed by atoms with Gasteiger partial charge in [0.15, 0.2) is 0 Å². The monoisotopic (exact) mass is 243 g/mol. The Bertz CT molecular complexity index is 460. The third-order valence-electron chi connectivity index (χ3n) is 2.90. The highest BCUT2D eigenvalue weighted by Crippen LogP contribution is 2.10. The molecule has 2 rings (SSSR count). The van der Waals surface area contributed by atoms with Crippen LogP contribution in [-0.4, -0.2) is 16.1 Å². The van der Waals surface area contributed by atoms with Crippen LogP contribution in [0.4, 0.5) is 0 Å². The highest BCUT2D eigenvalue weighted by molar-refractivity contribution is 5.27. The molecular formula is C15H21N3. The van der Waals surface area contributed by atoms with Gasteiger partial charge in [-0.3, -0.25) is 0 Å². The average Bonchev–Trinajstić information content (AvgIpc) is 2.84. The van der Waals surface area contributed by atoms with Crippen molar-refractivity contribution in [1.29, 1.82) is 0 Å². The summed E-state index contributed by atoms with van der Waals surface area (Å²) in [6, 6.07) is 8.58. The van der Waals surface area contributed by atoms with Gasteiger partial charge >= 0.3 is 0 Å². The zero-order valence-corrected chi connectivity index (χ0v) is 11.1. The van der Waals surface area contributed by atoms with Gasteiger partial charge in [0.1, 0.15) is 0 Å². The first-order chi connectivity index (χ1) is 8.75. The van der Waals surface area contributed by atoms with E-state index < -0.39 is 0 Å². The van der Waals surface area contributed by atoms with E-state index in [1.165, 1.54) is 11.1 Å². The van der Waals surface area contributed by atoms with E-state index in [-0.39, 0.29) is 0 Å². The Balaban J connectivity index is 2.01. The SMILES string of the molecule is CC(C)CNCc1ccccc1Cn1ccnc1. The van der Waals surface area contributed by atoms with E-state index >= 15 is 0 Å². The predicted molar refractivity (Wildman–Crippen MR) is 74.3 cm³/mol. The molecule has 3 nitrogen and oxygen atoms in total. The van der Waals surface area contributed by atoms with Crippen molar-refractivity contribution in [2.24, 2.45) is 5.92 Å². The van der Waals surface area contributed by atoms with Crippen molar-refractivity contribution in [2.75, 3.05) is 6.54 Å². The molecular weight excluding hydrogens is 222 g/mol. The first-order valence-corrected chi connectivity index (χ1v) is 6.49. The Morgan fingerprint density at radius 2 is 2.00 bits per heavy atom. The lowest BCUT2D eigenvalue weighted by Crippen LogP contribution is -2.20. The molecule has 0 amide bonds.